The first-order chi connectivity index (χ1) is 6.95. The maximum absolute atomic E-state index is 10.8. The normalized spacial score (nSPS) is 36.9. The summed E-state index contributed by atoms with van der Waals surface area (Å²) in [6.07, 6.45) is -3.06. The number of nitrogens with two attached hydrogens (primary N) is 1. The van der Waals surface area contributed by atoms with Crippen LogP contribution in [0.3, 0.4) is 0 Å². The predicted octanol–water partition coefficient (Wildman–Crippen LogP) is 0.444. The van der Waals surface area contributed by atoms with Gasteiger partial charge in [0, 0.05) is 5.48 Å². The number of hydrogen-bond acceptors (Lipinski definition) is 2. The molecule has 0 aromatic rings. The first kappa shape index (κ1) is 2.23. The highest BCUT2D eigenvalue weighted by atomic mass is 16.4. The molecule has 0 heterocycles. The predicted molar refractivity (Wildman–Crippen MR) is 35.1 cm³/mol. The molecule has 0 saturated heterocycles. The Balaban J connectivity index is 5.64. The van der Waals surface area contributed by atoms with E-state index in [0.29, 0.717) is 0 Å². The molecule has 0 aliphatic heterocycles. The van der Waals surface area contributed by atoms with Crippen molar-refractivity contribution in [3.63, 3.8) is 0 Å². The Morgan fingerprint density at radius 2 is 3.00 bits per heavy atom. The largest absolute Gasteiger partial charge is 0.480 e. The second-order valence-electron chi connectivity index (χ2n) is 1.56. The summed E-state index contributed by atoms with van der Waals surface area (Å²) in [5.74, 6) is -4.26. The van der Waals surface area contributed by atoms with Crippen molar-refractivity contribution in [3.05, 3.63) is 0 Å². The van der Waals surface area contributed by atoms with Gasteiger partial charge in [-0.2, -0.15) is 0 Å². The van der Waals surface area contributed by atoms with Crippen LogP contribution in [0.25, 0.3) is 0 Å². The van der Waals surface area contributed by atoms with Crippen LogP contribution in [0.1, 0.15) is 27.1 Å². The number of carboxylic acid groups (broad SMARTS) is 1. The molecule has 1 unspecified atom stereocenters. The third-order valence-electron chi connectivity index (χ3n) is 0.534. The molecular formula is C6H13NO2. The monoisotopic (exact) mass is 138 g/mol. The Labute approximate surface area is 64.8 Å². The lowest BCUT2D eigenvalue weighted by atomic mass is 10.1. The minimum Gasteiger partial charge on any atom is -0.480 e. The Morgan fingerprint density at radius 1 is 2.33 bits per heavy atom. The van der Waals surface area contributed by atoms with E-state index in [1.54, 1.807) is 0 Å². The molecule has 2 atom stereocenters. The van der Waals surface area contributed by atoms with Crippen LogP contribution in [-0.2, 0) is 4.79 Å². The molecule has 3 nitrogen and oxygen atoms in total. The van der Waals surface area contributed by atoms with Crippen molar-refractivity contribution in [2.45, 2.75) is 26.2 Å². The molecule has 0 aliphatic carbocycles. The summed E-state index contributed by atoms with van der Waals surface area (Å²) in [7, 11) is 0. The van der Waals surface area contributed by atoms with Crippen molar-refractivity contribution in [2.24, 2.45) is 11.6 Å². The van der Waals surface area contributed by atoms with E-state index in [9.17, 15) is 4.79 Å². The number of rotatable bonds is 4. The molecule has 0 bridgehead atoms. The minimum atomic E-state index is -3.26. The summed E-state index contributed by atoms with van der Waals surface area (Å²) >= 11 is 0. The highest BCUT2D eigenvalue weighted by Gasteiger charge is 2.11. The van der Waals surface area contributed by atoms with Gasteiger partial charge in [-0.15, -0.1) is 0 Å². The Bertz CT molecular complexity index is 282. The van der Waals surface area contributed by atoms with Gasteiger partial charge in [0.25, 0.3) is 0 Å². The minimum absolute atomic E-state index is 0.599. The standard InChI is InChI=1S/C6H13NO2/c1-4(2)3-5(7)6(8)9/h4-5H,3,7H2,1-2H3,(H,8,9)/t5-/m0/s1/i1D,3D2,4D,5D/hD2/t4?,5-. The molecule has 0 spiro atoms. The van der Waals surface area contributed by atoms with Gasteiger partial charge in [0.2, 0.25) is 0 Å². The lowest BCUT2D eigenvalue weighted by molar-refractivity contribution is -0.138. The highest BCUT2D eigenvalue weighted by Crippen LogP contribution is 2.01. The van der Waals surface area contributed by atoms with Gasteiger partial charge < -0.3 is 10.8 Å². The number of carbonyl (C=O) groups is 1. The van der Waals surface area contributed by atoms with Gasteiger partial charge in [-0.25, -0.2) is 0 Å². The molecular weight excluding hydrogens is 118 g/mol. The zero-order valence-corrected chi connectivity index (χ0v) is 5.01. The second-order valence-corrected chi connectivity index (χ2v) is 1.56. The zero-order valence-electron chi connectivity index (χ0n) is 12.0. The highest BCUT2D eigenvalue weighted by molar-refractivity contribution is 5.72. The quantitative estimate of drug-likeness (QED) is 0.592. The molecule has 0 fully saturated rings. The lowest BCUT2D eigenvalue weighted by Gasteiger charge is -2.07. The van der Waals surface area contributed by atoms with Crippen molar-refractivity contribution in [1.82, 2.24) is 0 Å². The maximum atomic E-state index is 10.8. The van der Waals surface area contributed by atoms with E-state index in [1.807, 2.05) is 0 Å². The maximum Gasteiger partial charge on any atom is 0.320 e. The van der Waals surface area contributed by atoms with Crippen LogP contribution in [0.5, 0.6) is 0 Å². The van der Waals surface area contributed by atoms with Gasteiger partial charge in [-0.3, -0.25) is 4.79 Å². The fraction of sp³-hybridized carbons (Fsp3) is 0.833. The molecule has 0 aromatic heterocycles. The van der Waals surface area contributed by atoms with Gasteiger partial charge in [-0.1, -0.05) is 13.8 Å². The molecule has 3 heteroatoms. The Kier molecular flexibility index (Phi) is 0.858. The van der Waals surface area contributed by atoms with Crippen LogP contribution >= 0.6 is 0 Å². The van der Waals surface area contributed by atoms with Crippen molar-refractivity contribution < 1.29 is 19.6 Å². The molecule has 0 saturated carbocycles. The molecule has 9 heavy (non-hydrogen) atoms. The van der Waals surface area contributed by atoms with Gasteiger partial charge >= 0.3 is 5.97 Å². The van der Waals surface area contributed by atoms with Gasteiger partial charge in [-0.05, 0) is 12.3 Å². The molecule has 0 amide bonds. The molecule has 0 rings (SSSR count). The molecule has 3 N–H and O–H groups in total. The van der Waals surface area contributed by atoms with Gasteiger partial charge in [0.15, 0.2) is 0 Å². The van der Waals surface area contributed by atoms with Crippen molar-refractivity contribution in [1.29, 1.82) is 0 Å². The molecule has 54 valence electrons. The second kappa shape index (κ2) is 3.45. The third kappa shape index (κ3) is 3.97. The fourth-order valence-electron chi connectivity index (χ4n) is 0.256. The number of aliphatic carboxylic acids is 1. The van der Waals surface area contributed by atoms with E-state index in [1.165, 1.54) is 0 Å². The summed E-state index contributed by atoms with van der Waals surface area (Å²) in [4.78, 5) is 10.8. The van der Waals surface area contributed by atoms with Crippen molar-refractivity contribution >= 4 is 5.97 Å². The average molecular weight is 138 g/mol. The van der Waals surface area contributed by atoms with E-state index in [-0.39, 0.29) is 0 Å². The summed E-state index contributed by atoms with van der Waals surface area (Å²) in [5.41, 5.74) is -0.599. The Morgan fingerprint density at radius 3 is 3.33 bits per heavy atom. The van der Waals surface area contributed by atoms with Crippen LogP contribution in [0.4, 0.5) is 0 Å². The first-order valence-electron chi connectivity index (χ1n) is 5.86. The Hall–Kier alpha value is -0.570. The van der Waals surface area contributed by atoms with Crippen LogP contribution in [0.2, 0.25) is 2.82 Å². The SMILES string of the molecule is [2H]CC([2H])(C)C([2H])([2H])[C@@]([2H])(C(=O)O)N([2H])[2H]. The third-order valence-corrected chi connectivity index (χ3v) is 0.534. The van der Waals surface area contributed by atoms with Crippen LogP contribution in [0, 0.1) is 5.89 Å². The van der Waals surface area contributed by atoms with E-state index in [2.05, 4.69) is 0 Å². The van der Waals surface area contributed by atoms with Crippen LogP contribution in [-0.4, -0.2) is 17.1 Å². The van der Waals surface area contributed by atoms with E-state index in [4.69, 9.17) is 14.8 Å². The topological polar surface area (TPSA) is 63.3 Å². The summed E-state index contributed by atoms with van der Waals surface area (Å²) in [6, 6.07) is -3.26. The zero-order chi connectivity index (χ0) is 13.4. The smallest absolute Gasteiger partial charge is 0.320 e. The number of carboxylic acids is 1. The average Bonchev–Trinajstić information content (AvgIpc) is 2.15. The number of hydrogen-bond donors (Lipinski definition) is 2. The molecule has 0 aliphatic rings. The molecule has 0 radical (unpaired) electrons. The summed E-state index contributed by atoms with van der Waals surface area (Å²) in [6.45, 7) is 0.164. The van der Waals surface area contributed by atoms with E-state index < -0.39 is 36.9 Å². The van der Waals surface area contributed by atoms with Gasteiger partial charge in [0.1, 0.15) is 8.84 Å². The fourth-order valence-corrected chi connectivity index (χ4v) is 0.256. The summed E-state index contributed by atoms with van der Waals surface area (Å²) < 4.78 is 50.4. The van der Waals surface area contributed by atoms with Crippen molar-refractivity contribution in [3.8, 4) is 0 Å². The first-order valence-corrected chi connectivity index (χ1v) is 2.25. The van der Waals surface area contributed by atoms with Crippen LogP contribution < -0.4 is 5.72 Å². The lowest BCUT2D eigenvalue weighted by Crippen LogP contribution is -2.31. The van der Waals surface area contributed by atoms with Gasteiger partial charge in [0.05, 0.1) is 1.37 Å². The van der Waals surface area contributed by atoms with E-state index in [0.717, 1.165) is 6.92 Å². The van der Waals surface area contributed by atoms with Crippen molar-refractivity contribution in [2.75, 3.05) is 0 Å². The molecule has 0 aromatic carbocycles. The van der Waals surface area contributed by atoms with Crippen LogP contribution in [0.15, 0.2) is 0 Å². The van der Waals surface area contributed by atoms with E-state index >= 15 is 0 Å². The summed E-state index contributed by atoms with van der Waals surface area (Å²) in [5, 5.41) is 8.74.